The molecule has 1 nitrogen and oxygen atoms in total. The summed E-state index contributed by atoms with van der Waals surface area (Å²) in [5, 5.41) is 3.68. The van der Waals surface area contributed by atoms with E-state index < -0.39 is 0 Å². The van der Waals surface area contributed by atoms with Gasteiger partial charge in [0.1, 0.15) is 0 Å². The molecule has 94 valence electrons. The molecule has 1 aliphatic rings. The second-order valence-electron chi connectivity index (χ2n) is 5.08. The highest BCUT2D eigenvalue weighted by Gasteiger charge is 2.26. The van der Waals surface area contributed by atoms with Gasteiger partial charge in [-0.2, -0.15) is 11.8 Å². The maximum absolute atomic E-state index is 3.68. The Kier molecular flexibility index (Phi) is 4.52. The van der Waals surface area contributed by atoms with Crippen LogP contribution in [0.25, 0.3) is 0 Å². The van der Waals surface area contributed by atoms with E-state index in [-0.39, 0.29) is 0 Å². The molecule has 1 aromatic rings. The average molecular weight is 249 g/mol. The number of benzene rings is 1. The lowest BCUT2D eigenvalue weighted by Gasteiger charge is -2.25. The minimum absolute atomic E-state index is 0.550. The van der Waals surface area contributed by atoms with E-state index in [1.807, 2.05) is 0 Å². The van der Waals surface area contributed by atoms with Gasteiger partial charge in [0.25, 0.3) is 0 Å². The van der Waals surface area contributed by atoms with Crippen molar-refractivity contribution in [2.75, 3.05) is 18.1 Å². The minimum Gasteiger partial charge on any atom is -0.310 e. The summed E-state index contributed by atoms with van der Waals surface area (Å²) in [6, 6.07) is 7.51. The third kappa shape index (κ3) is 3.26. The van der Waals surface area contributed by atoms with Crippen LogP contribution in [0.4, 0.5) is 0 Å². The lowest BCUT2D eigenvalue weighted by Crippen LogP contribution is -2.28. The van der Waals surface area contributed by atoms with Gasteiger partial charge < -0.3 is 5.32 Å². The van der Waals surface area contributed by atoms with Crippen LogP contribution in [0.2, 0.25) is 0 Å². The summed E-state index contributed by atoms with van der Waals surface area (Å²) in [5.74, 6) is 3.45. The zero-order chi connectivity index (χ0) is 12.3. The number of hydrogen-bond donors (Lipinski definition) is 1. The average Bonchev–Trinajstić information content (AvgIpc) is 2.77. The number of rotatable bonds is 4. The summed E-state index contributed by atoms with van der Waals surface area (Å²) >= 11 is 2.10. The zero-order valence-electron chi connectivity index (χ0n) is 11.1. The molecule has 0 bridgehead atoms. The predicted molar refractivity (Wildman–Crippen MR) is 77.8 cm³/mol. The van der Waals surface area contributed by atoms with Gasteiger partial charge in [-0.3, -0.25) is 0 Å². The molecule has 2 heteroatoms. The summed E-state index contributed by atoms with van der Waals surface area (Å²) < 4.78 is 0. The van der Waals surface area contributed by atoms with Gasteiger partial charge >= 0.3 is 0 Å². The van der Waals surface area contributed by atoms with Gasteiger partial charge in [0.05, 0.1) is 0 Å². The molecule has 0 spiro atoms. The van der Waals surface area contributed by atoms with Crippen molar-refractivity contribution in [1.29, 1.82) is 0 Å². The van der Waals surface area contributed by atoms with E-state index in [1.165, 1.54) is 34.6 Å². The van der Waals surface area contributed by atoms with E-state index in [0.29, 0.717) is 6.04 Å². The fraction of sp³-hybridized carbons (Fsp3) is 0.600. The Labute approximate surface area is 109 Å². The lowest BCUT2D eigenvalue weighted by molar-refractivity contribution is 0.401. The molecular weight excluding hydrogens is 226 g/mol. The standard InChI is InChI=1S/C15H23NS/c1-4-16-15(13-5-6-17-10-13)14-8-11(2)7-12(3)9-14/h7-9,13,15-16H,4-6,10H2,1-3H3. The number of thioether (sulfide) groups is 1. The van der Waals surface area contributed by atoms with Gasteiger partial charge in [0.2, 0.25) is 0 Å². The molecule has 1 aliphatic heterocycles. The Bertz CT molecular complexity index is 349. The minimum atomic E-state index is 0.550. The van der Waals surface area contributed by atoms with Crippen LogP contribution in [0.5, 0.6) is 0 Å². The van der Waals surface area contributed by atoms with Crippen LogP contribution in [0.3, 0.4) is 0 Å². The zero-order valence-corrected chi connectivity index (χ0v) is 11.9. The number of aryl methyl sites for hydroxylation is 2. The first-order chi connectivity index (χ1) is 8.20. The van der Waals surface area contributed by atoms with Gasteiger partial charge in [-0.1, -0.05) is 36.2 Å². The van der Waals surface area contributed by atoms with Crippen LogP contribution >= 0.6 is 11.8 Å². The topological polar surface area (TPSA) is 12.0 Å². The molecule has 1 saturated heterocycles. The molecule has 0 saturated carbocycles. The fourth-order valence-electron chi connectivity index (χ4n) is 2.78. The van der Waals surface area contributed by atoms with Crippen molar-refractivity contribution >= 4 is 11.8 Å². The smallest absolute Gasteiger partial charge is 0.0356 e. The Morgan fingerprint density at radius 1 is 1.29 bits per heavy atom. The first-order valence-electron chi connectivity index (χ1n) is 6.60. The largest absolute Gasteiger partial charge is 0.310 e. The van der Waals surface area contributed by atoms with Gasteiger partial charge in [0, 0.05) is 6.04 Å². The molecule has 0 aliphatic carbocycles. The molecule has 1 aromatic carbocycles. The normalized spacial score (nSPS) is 21.7. The van der Waals surface area contributed by atoms with E-state index in [9.17, 15) is 0 Å². The Morgan fingerprint density at radius 3 is 2.53 bits per heavy atom. The third-order valence-corrected chi connectivity index (χ3v) is 4.65. The van der Waals surface area contributed by atoms with E-state index in [0.717, 1.165) is 12.5 Å². The maximum atomic E-state index is 3.68. The highest BCUT2D eigenvalue weighted by atomic mass is 32.2. The second-order valence-corrected chi connectivity index (χ2v) is 6.23. The SMILES string of the molecule is CCNC(c1cc(C)cc(C)c1)C1CCSC1. The Balaban J connectivity index is 2.24. The van der Waals surface area contributed by atoms with E-state index in [2.05, 4.69) is 56.0 Å². The summed E-state index contributed by atoms with van der Waals surface area (Å²) in [6.45, 7) is 7.66. The van der Waals surface area contributed by atoms with Crippen molar-refractivity contribution in [3.8, 4) is 0 Å². The lowest BCUT2D eigenvalue weighted by atomic mass is 9.90. The highest BCUT2D eigenvalue weighted by Crippen LogP contribution is 2.34. The molecular formula is C15H23NS. The molecule has 1 N–H and O–H groups in total. The van der Waals surface area contributed by atoms with Crippen LogP contribution < -0.4 is 5.32 Å². The van der Waals surface area contributed by atoms with Crippen molar-refractivity contribution in [1.82, 2.24) is 5.32 Å². The van der Waals surface area contributed by atoms with E-state index in [4.69, 9.17) is 0 Å². The summed E-state index contributed by atoms with van der Waals surface area (Å²) in [7, 11) is 0. The molecule has 0 amide bonds. The Hall–Kier alpha value is -0.470. The summed E-state index contributed by atoms with van der Waals surface area (Å²) in [4.78, 5) is 0. The molecule has 1 heterocycles. The van der Waals surface area contributed by atoms with Gasteiger partial charge in [-0.25, -0.2) is 0 Å². The molecule has 2 atom stereocenters. The maximum Gasteiger partial charge on any atom is 0.0356 e. The van der Waals surface area contributed by atoms with Crippen molar-refractivity contribution in [3.05, 3.63) is 34.9 Å². The van der Waals surface area contributed by atoms with Gasteiger partial charge in [-0.05, 0) is 49.8 Å². The highest BCUT2D eigenvalue weighted by molar-refractivity contribution is 7.99. The molecule has 17 heavy (non-hydrogen) atoms. The first kappa shape index (κ1) is 13.0. The molecule has 0 radical (unpaired) electrons. The molecule has 1 fully saturated rings. The quantitative estimate of drug-likeness (QED) is 0.873. The van der Waals surface area contributed by atoms with E-state index in [1.54, 1.807) is 0 Å². The van der Waals surface area contributed by atoms with Gasteiger partial charge in [0.15, 0.2) is 0 Å². The van der Waals surface area contributed by atoms with Crippen LogP contribution in [-0.4, -0.2) is 18.1 Å². The molecule has 2 rings (SSSR count). The van der Waals surface area contributed by atoms with Crippen LogP contribution in [0.15, 0.2) is 18.2 Å². The number of nitrogens with one attached hydrogen (secondary N) is 1. The molecule has 2 unspecified atom stereocenters. The Morgan fingerprint density at radius 2 is 2.00 bits per heavy atom. The van der Waals surface area contributed by atoms with E-state index >= 15 is 0 Å². The van der Waals surface area contributed by atoms with Crippen molar-refractivity contribution in [3.63, 3.8) is 0 Å². The third-order valence-electron chi connectivity index (χ3n) is 3.46. The first-order valence-corrected chi connectivity index (χ1v) is 7.75. The predicted octanol–water partition coefficient (Wildman–Crippen LogP) is 3.71. The van der Waals surface area contributed by atoms with Crippen LogP contribution in [0, 0.1) is 19.8 Å². The monoisotopic (exact) mass is 249 g/mol. The number of hydrogen-bond acceptors (Lipinski definition) is 2. The van der Waals surface area contributed by atoms with Crippen LogP contribution in [0.1, 0.15) is 36.1 Å². The van der Waals surface area contributed by atoms with Crippen molar-refractivity contribution < 1.29 is 0 Å². The summed E-state index contributed by atoms with van der Waals surface area (Å²) in [6.07, 6.45) is 1.36. The van der Waals surface area contributed by atoms with Crippen LogP contribution in [-0.2, 0) is 0 Å². The molecule has 0 aromatic heterocycles. The van der Waals surface area contributed by atoms with Crippen molar-refractivity contribution in [2.24, 2.45) is 5.92 Å². The van der Waals surface area contributed by atoms with Crippen molar-refractivity contribution in [2.45, 2.75) is 33.2 Å². The second kappa shape index (κ2) is 5.92. The summed E-state index contributed by atoms with van der Waals surface area (Å²) in [5.41, 5.74) is 4.25. The fourth-order valence-corrected chi connectivity index (χ4v) is 4.08. The van der Waals surface area contributed by atoms with Gasteiger partial charge in [-0.15, -0.1) is 0 Å².